The predicted molar refractivity (Wildman–Crippen MR) is 70.8 cm³/mol. The molecular formula is C14H21NO3. The van der Waals surface area contributed by atoms with Crippen LogP contribution in [0.2, 0.25) is 0 Å². The number of benzene rings is 1. The number of carbonyl (C=O) groups excluding carboxylic acids is 1. The van der Waals surface area contributed by atoms with Crippen LogP contribution in [0.1, 0.15) is 26.7 Å². The van der Waals surface area contributed by atoms with Crippen LogP contribution in [0, 0.1) is 0 Å². The van der Waals surface area contributed by atoms with Gasteiger partial charge in [0.2, 0.25) is 0 Å². The molecule has 1 aromatic rings. The van der Waals surface area contributed by atoms with Crippen LogP contribution in [0.3, 0.4) is 0 Å². The van der Waals surface area contributed by atoms with E-state index >= 15 is 0 Å². The molecule has 1 aromatic carbocycles. The third-order valence-electron chi connectivity index (χ3n) is 2.56. The number of hydrogen-bond donors (Lipinski definition) is 1. The Morgan fingerprint density at radius 2 is 1.83 bits per heavy atom. The maximum Gasteiger partial charge on any atom is 0.260 e. The molecule has 0 aromatic heterocycles. The Balaban J connectivity index is 2.51. The van der Waals surface area contributed by atoms with Gasteiger partial charge in [0.1, 0.15) is 0 Å². The molecule has 0 bridgehead atoms. The average Bonchev–Trinajstić information content (AvgIpc) is 2.37. The Morgan fingerprint density at radius 1 is 1.22 bits per heavy atom. The molecule has 0 fully saturated rings. The van der Waals surface area contributed by atoms with Crippen molar-refractivity contribution in [1.29, 1.82) is 0 Å². The number of aromatic hydroxyl groups is 1. The fourth-order valence-corrected chi connectivity index (χ4v) is 1.71. The van der Waals surface area contributed by atoms with Crippen LogP contribution in [0.4, 0.5) is 0 Å². The fourth-order valence-electron chi connectivity index (χ4n) is 1.71. The van der Waals surface area contributed by atoms with Crippen molar-refractivity contribution in [2.24, 2.45) is 0 Å². The molecule has 4 nitrogen and oxygen atoms in total. The summed E-state index contributed by atoms with van der Waals surface area (Å²) in [6.45, 7) is 5.55. The number of hydrogen-bond acceptors (Lipinski definition) is 3. The van der Waals surface area contributed by atoms with Crippen molar-refractivity contribution in [3.63, 3.8) is 0 Å². The van der Waals surface area contributed by atoms with Gasteiger partial charge >= 0.3 is 0 Å². The maximum atomic E-state index is 11.9. The van der Waals surface area contributed by atoms with Crippen LogP contribution in [-0.4, -0.2) is 35.6 Å². The Bertz CT molecular complexity index is 373. The van der Waals surface area contributed by atoms with E-state index in [4.69, 9.17) is 4.74 Å². The van der Waals surface area contributed by atoms with Crippen molar-refractivity contribution in [2.75, 3.05) is 19.7 Å². The molecule has 0 saturated carbocycles. The van der Waals surface area contributed by atoms with Crippen molar-refractivity contribution in [2.45, 2.75) is 26.7 Å². The lowest BCUT2D eigenvalue weighted by atomic mass is 10.3. The van der Waals surface area contributed by atoms with Crippen molar-refractivity contribution < 1.29 is 14.6 Å². The second kappa shape index (κ2) is 7.58. The molecule has 18 heavy (non-hydrogen) atoms. The number of carbonyl (C=O) groups is 1. The van der Waals surface area contributed by atoms with Crippen molar-refractivity contribution >= 4 is 5.91 Å². The molecule has 0 atom stereocenters. The number of phenolic OH excluding ortho intramolecular Hbond substituents is 1. The highest BCUT2D eigenvalue weighted by atomic mass is 16.5. The fraction of sp³-hybridized carbons (Fsp3) is 0.500. The Hall–Kier alpha value is -1.71. The molecular weight excluding hydrogens is 230 g/mol. The van der Waals surface area contributed by atoms with Gasteiger partial charge in [-0.05, 0) is 25.0 Å². The Morgan fingerprint density at radius 3 is 2.39 bits per heavy atom. The van der Waals surface area contributed by atoms with Crippen LogP contribution in [0.15, 0.2) is 24.3 Å². The van der Waals surface area contributed by atoms with Gasteiger partial charge in [0, 0.05) is 13.1 Å². The summed E-state index contributed by atoms with van der Waals surface area (Å²) in [5.74, 6) is 0.364. The summed E-state index contributed by atoms with van der Waals surface area (Å²) in [4.78, 5) is 13.7. The molecule has 0 aliphatic heterocycles. The Kier molecular flexibility index (Phi) is 6.05. The summed E-state index contributed by atoms with van der Waals surface area (Å²) in [5, 5.41) is 9.52. The van der Waals surface area contributed by atoms with Crippen LogP contribution in [0.5, 0.6) is 11.5 Å². The first kappa shape index (κ1) is 14.4. The summed E-state index contributed by atoms with van der Waals surface area (Å²) < 4.78 is 5.33. The average molecular weight is 251 g/mol. The van der Waals surface area contributed by atoms with Crippen molar-refractivity contribution in [3.8, 4) is 11.5 Å². The topological polar surface area (TPSA) is 49.8 Å². The highest BCUT2D eigenvalue weighted by Crippen LogP contribution is 2.24. The van der Waals surface area contributed by atoms with E-state index in [1.165, 1.54) is 6.07 Å². The molecule has 0 spiro atoms. The largest absolute Gasteiger partial charge is 0.504 e. The highest BCUT2D eigenvalue weighted by molar-refractivity contribution is 5.77. The first-order chi connectivity index (χ1) is 8.69. The molecule has 1 N–H and O–H groups in total. The van der Waals surface area contributed by atoms with E-state index in [1.54, 1.807) is 23.1 Å². The van der Waals surface area contributed by atoms with E-state index in [9.17, 15) is 9.90 Å². The third-order valence-corrected chi connectivity index (χ3v) is 2.56. The molecule has 0 radical (unpaired) electrons. The quantitative estimate of drug-likeness (QED) is 0.809. The van der Waals surface area contributed by atoms with E-state index in [2.05, 4.69) is 0 Å². The number of phenols is 1. The summed E-state index contributed by atoms with van der Waals surface area (Å²) in [7, 11) is 0. The summed E-state index contributed by atoms with van der Waals surface area (Å²) in [6, 6.07) is 6.65. The number of para-hydroxylation sites is 2. The van der Waals surface area contributed by atoms with Gasteiger partial charge in [0.15, 0.2) is 18.1 Å². The first-order valence-corrected chi connectivity index (χ1v) is 6.37. The lowest BCUT2D eigenvalue weighted by molar-refractivity contribution is -0.133. The van der Waals surface area contributed by atoms with Gasteiger partial charge in [-0.1, -0.05) is 26.0 Å². The van der Waals surface area contributed by atoms with Gasteiger partial charge in [-0.15, -0.1) is 0 Å². The normalized spacial score (nSPS) is 10.1. The number of nitrogens with zero attached hydrogens (tertiary/aromatic N) is 1. The van der Waals surface area contributed by atoms with Crippen LogP contribution in [0.25, 0.3) is 0 Å². The summed E-state index contributed by atoms with van der Waals surface area (Å²) in [6.07, 6.45) is 1.87. The second-order valence-electron chi connectivity index (χ2n) is 4.14. The minimum Gasteiger partial charge on any atom is -0.504 e. The van der Waals surface area contributed by atoms with E-state index in [1.807, 2.05) is 13.8 Å². The van der Waals surface area contributed by atoms with Gasteiger partial charge in [-0.3, -0.25) is 4.79 Å². The highest BCUT2D eigenvalue weighted by Gasteiger charge is 2.13. The molecule has 1 rings (SSSR count). The molecule has 0 saturated heterocycles. The smallest absolute Gasteiger partial charge is 0.260 e. The molecule has 0 aliphatic carbocycles. The van der Waals surface area contributed by atoms with E-state index in [-0.39, 0.29) is 18.3 Å². The monoisotopic (exact) mass is 251 g/mol. The van der Waals surface area contributed by atoms with Crippen LogP contribution in [-0.2, 0) is 4.79 Å². The van der Waals surface area contributed by atoms with Gasteiger partial charge in [0.05, 0.1) is 0 Å². The van der Waals surface area contributed by atoms with E-state index < -0.39 is 0 Å². The minimum atomic E-state index is -0.0399. The third kappa shape index (κ3) is 4.28. The predicted octanol–water partition coefficient (Wildman–Crippen LogP) is 2.42. The number of amides is 1. The zero-order valence-corrected chi connectivity index (χ0v) is 11.1. The van der Waals surface area contributed by atoms with Gasteiger partial charge < -0.3 is 14.7 Å². The van der Waals surface area contributed by atoms with Crippen LogP contribution >= 0.6 is 0 Å². The van der Waals surface area contributed by atoms with Gasteiger partial charge in [-0.2, -0.15) is 0 Å². The molecule has 0 heterocycles. The van der Waals surface area contributed by atoms with E-state index in [0.717, 1.165) is 25.9 Å². The molecule has 100 valence electrons. The second-order valence-corrected chi connectivity index (χ2v) is 4.14. The zero-order chi connectivity index (χ0) is 13.4. The Labute approximate surface area is 108 Å². The standard InChI is InChI=1S/C14H21NO3/c1-3-9-15(10-4-2)14(17)11-18-13-8-6-5-7-12(13)16/h5-8,16H,3-4,9-11H2,1-2H3. The zero-order valence-electron chi connectivity index (χ0n) is 11.1. The molecule has 4 heteroatoms. The van der Waals surface area contributed by atoms with Gasteiger partial charge in [-0.25, -0.2) is 0 Å². The maximum absolute atomic E-state index is 11.9. The number of ether oxygens (including phenoxy) is 1. The van der Waals surface area contributed by atoms with Gasteiger partial charge in [0.25, 0.3) is 5.91 Å². The van der Waals surface area contributed by atoms with Crippen molar-refractivity contribution in [1.82, 2.24) is 4.90 Å². The number of rotatable bonds is 7. The van der Waals surface area contributed by atoms with E-state index in [0.29, 0.717) is 5.75 Å². The summed E-state index contributed by atoms with van der Waals surface area (Å²) in [5.41, 5.74) is 0. The lowest BCUT2D eigenvalue weighted by Gasteiger charge is -2.21. The summed E-state index contributed by atoms with van der Waals surface area (Å²) >= 11 is 0. The van der Waals surface area contributed by atoms with Crippen LogP contribution < -0.4 is 4.74 Å². The SMILES string of the molecule is CCCN(CCC)C(=O)COc1ccccc1O. The first-order valence-electron chi connectivity index (χ1n) is 6.37. The molecule has 1 amide bonds. The lowest BCUT2D eigenvalue weighted by Crippen LogP contribution is -2.36. The minimum absolute atomic E-state index is 0.0302. The molecule has 0 aliphatic rings. The molecule has 0 unspecified atom stereocenters. The van der Waals surface area contributed by atoms with Crippen molar-refractivity contribution in [3.05, 3.63) is 24.3 Å².